The highest BCUT2D eigenvalue weighted by atomic mass is 16.5. The van der Waals surface area contributed by atoms with Gasteiger partial charge in [-0.05, 0) is 24.3 Å². The van der Waals surface area contributed by atoms with Crippen LogP contribution in [0.5, 0.6) is 11.5 Å². The van der Waals surface area contributed by atoms with E-state index in [1.54, 1.807) is 7.11 Å². The van der Waals surface area contributed by atoms with Crippen LogP contribution in [-0.4, -0.2) is 19.5 Å². The molecule has 0 amide bonds. The Labute approximate surface area is 112 Å². The minimum Gasteiger partial charge on any atom is -0.497 e. The second kappa shape index (κ2) is 6.59. The van der Waals surface area contributed by atoms with E-state index >= 15 is 0 Å². The van der Waals surface area contributed by atoms with Crippen molar-refractivity contribution in [3.8, 4) is 11.5 Å². The summed E-state index contributed by atoms with van der Waals surface area (Å²) < 4.78 is 10.6. The number of carbonyl (C=O) groups is 1. The maximum Gasteiger partial charge on any atom is 0.166 e. The first kappa shape index (κ1) is 13.1. The molecule has 2 rings (SSSR count). The molecule has 0 spiro atoms. The van der Waals surface area contributed by atoms with Crippen molar-refractivity contribution in [1.82, 2.24) is 0 Å². The van der Waals surface area contributed by atoms with Gasteiger partial charge in [0.05, 0.1) is 13.7 Å². The van der Waals surface area contributed by atoms with E-state index in [0.29, 0.717) is 13.0 Å². The number of rotatable bonds is 6. The standard InChI is InChI=1S/C16H16O3/c1-18-14-7-9-15(10-8-14)19-12-11-16(17)13-5-3-2-4-6-13/h2-10H,11-12H2,1H3. The molecule has 0 fully saturated rings. The Morgan fingerprint density at radius 3 is 2.21 bits per heavy atom. The lowest BCUT2D eigenvalue weighted by molar-refractivity contribution is 0.0962. The lowest BCUT2D eigenvalue weighted by atomic mass is 10.1. The number of ether oxygens (including phenoxy) is 2. The highest BCUT2D eigenvalue weighted by molar-refractivity contribution is 5.96. The van der Waals surface area contributed by atoms with Crippen LogP contribution in [0.15, 0.2) is 54.6 Å². The number of methoxy groups -OCH3 is 1. The van der Waals surface area contributed by atoms with Crippen molar-refractivity contribution < 1.29 is 14.3 Å². The molecule has 0 N–H and O–H groups in total. The van der Waals surface area contributed by atoms with Crippen LogP contribution < -0.4 is 9.47 Å². The van der Waals surface area contributed by atoms with E-state index < -0.39 is 0 Å². The molecule has 0 aliphatic rings. The molecule has 0 aliphatic heterocycles. The van der Waals surface area contributed by atoms with Crippen LogP contribution >= 0.6 is 0 Å². The Bertz CT molecular complexity index is 517. The number of hydrogen-bond donors (Lipinski definition) is 0. The maximum absolute atomic E-state index is 11.8. The molecule has 0 aliphatic carbocycles. The lowest BCUT2D eigenvalue weighted by Gasteiger charge is -2.06. The summed E-state index contributed by atoms with van der Waals surface area (Å²) in [6, 6.07) is 16.5. The fourth-order valence-corrected chi connectivity index (χ4v) is 1.70. The molecule has 0 bridgehead atoms. The number of hydrogen-bond acceptors (Lipinski definition) is 3. The van der Waals surface area contributed by atoms with Gasteiger partial charge >= 0.3 is 0 Å². The van der Waals surface area contributed by atoms with Crippen molar-refractivity contribution >= 4 is 5.78 Å². The highest BCUT2D eigenvalue weighted by Crippen LogP contribution is 2.17. The molecule has 0 saturated carbocycles. The van der Waals surface area contributed by atoms with Gasteiger partial charge in [0, 0.05) is 12.0 Å². The Morgan fingerprint density at radius 1 is 0.947 bits per heavy atom. The highest BCUT2D eigenvalue weighted by Gasteiger charge is 2.05. The lowest BCUT2D eigenvalue weighted by Crippen LogP contribution is -2.06. The Kier molecular flexibility index (Phi) is 4.56. The summed E-state index contributed by atoms with van der Waals surface area (Å²) in [7, 11) is 1.62. The normalized spacial score (nSPS) is 9.95. The van der Waals surface area contributed by atoms with Gasteiger partial charge in [-0.2, -0.15) is 0 Å². The first-order chi connectivity index (χ1) is 9.29. The average molecular weight is 256 g/mol. The van der Waals surface area contributed by atoms with Gasteiger partial charge in [0.25, 0.3) is 0 Å². The minimum atomic E-state index is 0.0918. The summed E-state index contributed by atoms with van der Waals surface area (Å²) in [5, 5.41) is 0. The third-order valence-electron chi connectivity index (χ3n) is 2.75. The Hall–Kier alpha value is -2.29. The van der Waals surface area contributed by atoms with Gasteiger partial charge < -0.3 is 9.47 Å². The smallest absolute Gasteiger partial charge is 0.166 e. The molecular weight excluding hydrogens is 240 g/mol. The van der Waals surface area contributed by atoms with E-state index in [1.807, 2.05) is 54.6 Å². The summed E-state index contributed by atoms with van der Waals surface area (Å²) in [5.74, 6) is 1.61. The van der Waals surface area contributed by atoms with E-state index in [4.69, 9.17) is 9.47 Å². The van der Waals surface area contributed by atoms with Gasteiger partial charge in [0.15, 0.2) is 5.78 Å². The van der Waals surface area contributed by atoms with Gasteiger partial charge in [0.2, 0.25) is 0 Å². The summed E-state index contributed by atoms with van der Waals surface area (Å²) >= 11 is 0. The van der Waals surface area contributed by atoms with Crippen LogP contribution in [-0.2, 0) is 0 Å². The molecule has 3 heteroatoms. The van der Waals surface area contributed by atoms with Gasteiger partial charge in [0.1, 0.15) is 11.5 Å². The van der Waals surface area contributed by atoms with Crippen LogP contribution in [0.4, 0.5) is 0 Å². The van der Waals surface area contributed by atoms with Crippen molar-refractivity contribution in [2.75, 3.05) is 13.7 Å². The van der Waals surface area contributed by atoms with E-state index in [-0.39, 0.29) is 5.78 Å². The summed E-state index contributed by atoms with van der Waals surface area (Å²) in [5.41, 5.74) is 0.723. The maximum atomic E-state index is 11.8. The predicted octanol–water partition coefficient (Wildman–Crippen LogP) is 3.35. The van der Waals surface area contributed by atoms with Crippen LogP contribution in [0, 0.1) is 0 Å². The summed E-state index contributed by atoms with van der Waals surface area (Å²) in [4.78, 5) is 11.8. The molecule has 0 saturated heterocycles. The minimum absolute atomic E-state index is 0.0918. The molecule has 19 heavy (non-hydrogen) atoms. The van der Waals surface area contributed by atoms with E-state index in [2.05, 4.69) is 0 Å². The number of benzene rings is 2. The van der Waals surface area contributed by atoms with Crippen molar-refractivity contribution in [3.05, 3.63) is 60.2 Å². The zero-order valence-electron chi connectivity index (χ0n) is 10.8. The van der Waals surface area contributed by atoms with Gasteiger partial charge in [-0.1, -0.05) is 30.3 Å². The predicted molar refractivity (Wildman–Crippen MR) is 73.9 cm³/mol. The molecule has 98 valence electrons. The molecular formula is C16H16O3. The molecule has 2 aromatic carbocycles. The molecule has 0 unspecified atom stereocenters. The van der Waals surface area contributed by atoms with Crippen molar-refractivity contribution in [3.63, 3.8) is 0 Å². The zero-order chi connectivity index (χ0) is 13.5. The number of carbonyl (C=O) groups excluding carboxylic acids is 1. The third kappa shape index (κ3) is 3.85. The molecule has 0 heterocycles. The van der Waals surface area contributed by atoms with E-state index in [9.17, 15) is 4.79 Å². The van der Waals surface area contributed by atoms with Gasteiger partial charge in [-0.25, -0.2) is 0 Å². The molecule has 3 nitrogen and oxygen atoms in total. The second-order valence-corrected chi connectivity index (χ2v) is 4.06. The summed E-state index contributed by atoms with van der Waals surface area (Å²) in [6.07, 6.45) is 0.371. The average Bonchev–Trinajstić information content (AvgIpc) is 2.49. The second-order valence-electron chi connectivity index (χ2n) is 4.06. The molecule has 0 radical (unpaired) electrons. The Balaban J connectivity index is 1.81. The number of ketones is 1. The quantitative estimate of drug-likeness (QED) is 0.743. The number of Topliss-reactive ketones (excluding diaryl/α,β-unsaturated/α-hetero) is 1. The fraction of sp³-hybridized carbons (Fsp3) is 0.188. The van der Waals surface area contributed by atoms with Crippen molar-refractivity contribution in [2.45, 2.75) is 6.42 Å². The first-order valence-electron chi connectivity index (χ1n) is 6.14. The van der Waals surface area contributed by atoms with Crippen LogP contribution in [0.25, 0.3) is 0 Å². The third-order valence-corrected chi connectivity index (χ3v) is 2.75. The van der Waals surface area contributed by atoms with Gasteiger partial charge in [-0.3, -0.25) is 4.79 Å². The molecule has 0 aromatic heterocycles. The van der Waals surface area contributed by atoms with Crippen LogP contribution in [0.3, 0.4) is 0 Å². The zero-order valence-corrected chi connectivity index (χ0v) is 10.8. The fourth-order valence-electron chi connectivity index (χ4n) is 1.70. The van der Waals surface area contributed by atoms with Crippen LogP contribution in [0.1, 0.15) is 16.8 Å². The molecule has 0 atom stereocenters. The van der Waals surface area contributed by atoms with E-state index in [0.717, 1.165) is 17.1 Å². The SMILES string of the molecule is COc1ccc(OCCC(=O)c2ccccc2)cc1. The van der Waals surface area contributed by atoms with Gasteiger partial charge in [-0.15, -0.1) is 0 Å². The Morgan fingerprint density at radius 2 is 1.58 bits per heavy atom. The largest absolute Gasteiger partial charge is 0.497 e. The monoisotopic (exact) mass is 256 g/mol. The first-order valence-corrected chi connectivity index (χ1v) is 6.14. The van der Waals surface area contributed by atoms with Crippen molar-refractivity contribution in [2.24, 2.45) is 0 Å². The summed E-state index contributed by atoms with van der Waals surface area (Å²) in [6.45, 7) is 0.375. The van der Waals surface area contributed by atoms with Crippen molar-refractivity contribution in [1.29, 1.82) is 0 Å². The molecule has 2 aromatic rings. The van der Waals surface area contributed by atoms with Crippen LogP contribution in [0.2, 0.25) is 0 Å². The van der Waals surface area contributed by atoms with E-state index in [1.165, 1.54) is 0 Å². The topological polar surface area (TPSA) is 35.5 Å².